The smallest absolute Gasteiger partial charge is 0.257 e. The maximum Gasteiger partial charge on any atom is 0.257 e. The third-order valence-corrected chi connectivity index (χ3v) is 4.35. The summed E-state index contributed by atoms with van der Waals surface area (Å²) in [5.41, 5.74) is 0.711. The first kappa shape index (κ1) is 11.8. The van der Waals surface area contributed by atoms with Crippen LogP contribution < -0.4 is 0 Å². The second-order valence-corrected chi connectivity index (χ2v) is 5.32. The fourth-order valence-corrected chi connectivity index (χ4v) is 3.40. The minimum absolute atomic E-state index is 0.128. The SMILES string of the molecule is COC1C[C@H]2CC[C@@H](C1)N2C(=O)c1ccoc1C. The van der Waals surface area contributed by atoms with E-state index in [1.807, 2.05) is 6.92 Å². The van der Waals surface area contributed by atoms with Crippen LogP contribution in [0, 0.1) is 6.92 Å². The average Bonchev–Trinajstić information content (AvgIpc) is 2.90. The first-order chi connectivity index (χ1) is 8.70. The number of amides is 1. The molecule has 3 rings (SSSR count). The summed E-state index contributed by atoms with van der Waals surface area (Å²) in [6, 6.07) is 2.46. The molecule has 2 bridgehead atoms. The normalized spacial score (nSPS) is 30.8. The molecule has 3 atom stereocenters. The summed E-state index contributed by atoms with van der Waals surface area (Å²) in [4.78, 5) is 14.6. The van der Waals surface area contributed by atoms with E-state index in [0.717, 1.165) is 25.7 Å². The Morgan fingerprint density at radius 1 is 1.39 bits per heavy atom. The first-order valence-corrected chi connectivity index (χ1v) is 6.60. The summed E-state index contributed by atoms with van der Waals surface area (Å²) in [5, 5.41) is 0. The number of fused-ring (bicyclic) bond motifs is 2. The Morgan fingerprint density at radius 3 is 2.56 bits per heavy atom. The van der Waals surface area contributed by atoms with E-state index in [1.54, 1.807) is 19.4 Å². The zero-order valence-corrected chi connectivity index (χ0v) is 10.9. The van der Waals surface area contributed by atoms with Gasteiger partial charge in [0.15, 0.2) is 0 Å². The van der Waals surface area contributed by atoms with Crippen molar-refractivity contribution in [2.45, 2.75) is 50.8 Å². The van der Waals surface area contributed by atoms with Gasteiger partial charge in [-0.15, -0.1) is 0 Å². The Balaban J connectivity index is 1.82. The average molecular weight is 249 g/mol. The van der Waals surface area contributed by atoms with Gasteiger partial charge in [-0.3, -0.25) is 4.79 Å². The highest BCUT2D eigenvalue weighted by molar-refractivity contribution is 5.95. The number of piperidine rings is 1. The van der Waals surface area contributed by atoms with Crippen molar-refractivity contribution in [3.8, 4) is 0 Å². The number of ether oxygens (including phenoxy) is 1. The number of carbonyl (C=O) groups excluding carboxylic acids is 1. The lowest BCUT2D eigenvalue weighted by atomic mass is 9.98. The maximum atomic E-state index is 12.6. The molecule has 4 nitrogen and oxygen atoms in total. The molecule has 2 saturated heterocycles. The van der Waals surface area contributed by atoms with Crippen LogP contribution >= 0.6 is 0 Å². The highest BCUT2D eigenvalue weighted by Gasteiger charge is 2.43. The lowest BCUT2D eigenvalue weighted by Gasteiger charge is -2.38. The predicted octanol–water partition coefficient (Wildman–Crippen LogP) is 2.37. The van der Waals surface area contributed by atoms with Crippen LogP contribution in [-0.2, 0) is 4.74 Å². The number of aryl methyl sites for hydroxylation is 1. The fourth-order valence-electron chi connectivity index (χ4n) is 3.40. The Morgan fingerprint density at radius 2 is 2.06 bits per heavy atom. The zero-order chi connectivity index (χ0) is 12.7. The molecule has 0 radical (unpaired) electrons. The molecule has 1 unspecified atom stereocenters. The summed E-state index contributed by atoms with van der Waals surface area (Å²) in [5.74, 6) is 0.844. The van der Waals surface area contributed by atoms with Crippen LogP contribution in [0.1, 0.15) is 41.8 Å². The molecule has 18 heavy (non-hydrogen) atoms. The third kappa shape index (κ3) is 1.75. The van der Waals surface area contributed by atoms with Crippen molar-refractivity contribution in [1.29, 1.82) is 0 Å². The molecule has 1 amide bonds. The number of furan rings is 1. The van der Waals surface area contributed by atoms with Crippen molar-refractivity contribution >= 4 is 5.91 Å². The molecular weight excluding hydrogens is 230 g/mol. The molecule has 2 aliphatic heterocycles. The molecule has 0 aliphatic carbocycles. The monoisotopic (exact) mass is 249 g/mol. The summed E-state index contributed by atoms with van der Waals surface area (Å²) in [7, 11) is 1.77. The summed E-state index contributed by atoms with van der Waals surface area (Å²) >= 11 is 0. The minimum Gasteiger partial charge on any atom is -0.469 e. The van der Waals surface area contributed by atoms with Gasteiger partial charge < -0.3 is 14.1 Å². The van der Waals surface area contributed by atoms with Gasteiger partial charge in [-0.05, 0) is 38.7 Å². The van der Waals surface area contributed by atoms with Crippen molar-refractivity contribution in [2.75, 3.05) is 7.11 Å². The minimum atomic E-state index is 0.128. The van der Waals surface area contributed by atoms with Crippen molar-refractivity contribution in [3.63, 3.8) is 0 Å². The van der Waals surface area contributed by atoms with E-state index in [-0.39, 0.29) is 5.91 Å². The van der Waals surface area contributed by atoms with Crippen LogP contribution in [0.3, 0.4) is 0 Å². The van der Waals surface area contributed by atoms with Gasteiger partial charge in [0.1, 0.15) is 5.76 Å². The van der Waals surface area contributed by atoms with Crippen LogP contribution in [0.15, 0.2) is 16.7 Å². The number of rotatable bonds is 2. The lowest BCUT2D eigenvalue weighted by Crippen LogP contribution is -2.48. The number of hydrogen-bond acceptors (Lipinski definition) is 3. The van der Waals surface area contributed by atoms with Gasteiger partial charge in [-0.2, -0.15) is 0 Å². The Hall–Kier alpha value is -1.29. The van der Waals surface area contributed by atoms with Gasteiger partial charge in [0.25, 0.3) is 5.91 Å². The van der Waals surface area contributed by atoms with Crippen LogP contribution in [0.4, 0.5) is 0 Å². The predicted molar refractivity (Wildman–Crippen MR) is 66.5 cm³/mol. The highest BCUT2D eigenvalue weighted by atomic mass is 16.5. The molecular formula is C14H19NO3. The molecule has 0 saturated carbocycles. The number of nitrogens with zero attached hydrogens (tertiary/aromatic N) is 1. The maximum absolute atomic E-state index is 12.6. The number of methoxy groups -OCH3 is 1. The molecule has 98 valence electrons. The van der Waals surface area contributed by atoms with Gasteiger partial charge in [0, 0.05) is 19.2 Å². The van der Waals surface area contributed by atoms with E-state index in [9.17, 15) is 4.79 Å². The van der Waals surface area contributed by atoms with E-state index in [0.29, 0.717) is 29.5 Å². The van der Waals surface area contributed by atoms with Crippen molar-refractivity contribution in [1.82, 2.24) is 4.90 Å². The highest BCUT2D eigenvalue weighted by Crippen LogP contribution is 2.38. The largest absolute Gasteiger partial charge is 0.469 e. The Labute approximate surface area is 107 Å². The standard InChI is InChI=1S/C14H19NO3/c1-9-13(5-6-18-9)14(16)15-10-3-4-11(15)8-12(7-10)17-2/h5-6,10-12H,3-4,7-8H2,1-2H3/t10-,11+,12?. The molecule has 0 aromatic carbocycles. The first-order valence-electron chi connectivity index (χ1n) is 6.60. The van der Waals surface area contributed by atoms with Crippen LogP contribution in [0.5, 0.6) is 0 Å². The van der Waals surface area contributed by atoms with E-state index in [2.05, 4.69) is 4.90 Å². The molecule has 2 aliphatic rings. The topological polar surface area (TPSA) is 42.7 Å². The second-order valence-electron chi connectivity index (χ2n) is 5.32. The second kappa shape index (κ2) is 4.43. The molecule has 1 aromatic rings. The van der Waals surface area contributed by atoms with E-state index in [1.165, 1.54) is 0 Å². The summed E-state index contributed by atoms with van der Waals surface area (Å²) < 4.78 is 10.7. The number of carbonyl (C=O) groups is 1. The quantitative estimate of drug-likeness (QED) is 0.808. The summed E-state index contributed by atoms with van der Waals surface area (Å²) in [6.07, 6.45) is 6.05. The van der Waals surface area contributed by atoms with Crippen molar-refractivity contribution in [2.24, 2.45) is 0 Å². The molecule has 0 spiro atoms. The van der Waals surface area contributed by atoms with E-state index in [4.69, 9.17) is 9.15 Å². The number of hydrogen-bond donors (Lipinski definition) is 0. The molecule has 1 aromatic heterocycles. The molecule has 0 N–H and O–H groups in total. The van der Waals surface area contributed by atoms with Crippen molar-refractivity contribution in [3.05, 3.63) is 23.7 Å². The Bertz CT molecular complexity index is 440. The molecule has 3 heterocycles. The Kier molecular flexibility index (Phi) is 2.90. The van der Waals surface area contributed by atoms with Gasteiger partial charge in [-0.1, -0.05) is 0 Å². The van der Waals surface area contributed by atoms with Crippen LogP contribution in [0.2, 0.25) is 0 Å². The zero-order valence-electron chi connectivity index (χ0n) is 10.9. The summed E-state index contributed by atoms with van der Waals surface area (Å²) in [6.45, 7) is 1.84. The van der Waals surface area contributed by atoms with E-state index < -0.39 is 0 Å². The van der Waals surface area contributed by atoms with Gasteiger partial charge in [-0.25, -0.2) is 0 Å². The molecule has 4 heteroatoms. The van der Waals surface area contributed by atoms with Crippen LogP contribution in [-0.4, -0.2) is 36.1 Å². The van der Waals surface area contributed by atoms with Gasteiger partial charge >= 0.3 is 0 Å². The van der Waals surface area contributed by atoms with Crippen molar-refractivity contribution < 1.29 is 13.9 Å². The van der Waals surface area contributed by atoms with Gasteiger partial charge in [0.05, 0.1) is 17.9 Å². The fraction of sp³-hybridized carbons (Fsp3) is 0.643. The molecule has 2 fully saturated rings. The van der Waals surface area contributed by atoms with Crippen LogP contribution in [0.25, 0.3) is 0 Å². The van der Waals surface area contributed by atoms with Gasteiger partial charge in [0.2, 0.25) is 0 Å². The third-order valence-electron chi connectivity index (χ3n) is 4.35. The van der Waals surface area contributed by atoms with E-state index >= 15 is 0 Å². The lowest BCUT2D eigenvalue weighted by molar-refractivity contribution is 0.00815.